The number of ether oxygens (including phenoxy) is 2. The van der Waals surface area contributed by atoms with Gasteiger partial charge in [0.05, 0.1) is 46.4 Å². The molecule has 1 unspecified atom stereocenters. The molecule has 9 nitrogen and oxygen atoms in total. The highest BCUT2D eigenvalue weighted by Gasteiger charge is 2.30. The molecule has 2 aliphatic rings. The molecular weight excluding hydrogens is 442 g/mol. The summed E-state index contributed by atoms with van der Waals surface area (Å²) in [6.45, 7) is 7.56. The Balaban J connectivity index is 1.49. The second kappa shape index (κ2) is 8.57. The average Bonchev–Trinajstić information content (AvgIpc) is 3.29. The Labute approximate surface area is 204 Å². The lowest BCUT2D eigenvalue weighted by molar-refractivity contribution is 0.146. The summed E-state index contributed by atoms with van der Waals surface area (Å²) >= 11 is 0. The molecular formula is C26H31N7O2. The van der Waals surface area contributed by atoms with Crippen LogP contribution in [0.4, 0.5) is 0 Å². The van der Waals surface area contributed by atoms with E-state index in [1.807, 2.05) is 32.2 Å². The Bertz CT molecular complexity index is 1390. The van der Waals surface area contributed by atoms with Crippen LogP contribution in [0.3, 0.4) is 0 Å². The SMILES string of the molecule is CC(C)Oc1n[nH]c2c1/C=C/c1[nH]nc3ccc(cc13)-c1cnn(C3CC3)c1OC(C)CN(C)C2. The molecule has 182 valence electrons. The number of H-pyrrole nitrogens is 2. The Morgan fingerprint density at radius 1 is 1.14 bits per heavy atom. The van der Waals surface area contributed by atoms with Gasteiger partial charge in [-0.2, -0.15) is 10.2 Å². The first-order valence-electron chi connectivity index (χ1n) is 12.3. The zero-order valence-electron chi connectivity index (χ0n) is 20.6. The first-order valence-corrected chi connectivity index (χ1v) is 12.3. The molecule has 0 spiro atoms. The predicted molar refractivity (Wildman–Crippen MR) is 135 cm³/mol. The van der Waals surface area contributed by atoms with Gasteiger partial charge in [0.1, 0.15) is 6.10 Å². The van der Waals surface area contributed by atoms with Gasteiger partial charge in [-0.05, 0) is 70.5 Å². The van der Waals surface area contributed by atoms with Crippen molar-refractivity contribution in [2.45, 2.75) is 58.4 Å². The van der Waals surface area contributed by atoms with Gasteiger partial charge in [-0.25, -0.2) is 4.68 Å². The van der Waals surface area contributed by atoms with E-state index in [2.05, 4.69) is 62.2 Å². The number of hydrogen-bond acceptors (Lipinski definition) is 6. The molecule has 1 saturated carbocycles. The van der Waals surface area contributed by atoms with E-state index in [-0.39, 0.29) is 12.2 Å². The third-order valence-electron chi connectivity index (χ3n) is 6.46. The van der Waals surface area contributed by atoms with Gasteiger partial charge >= 0.3 is 0 Å². The number of nitrogens with one attached hydrogen (secondary N) is 2. The van der Waals surface area contributed by atoms with E-state index in [4.69, 9.17) is 14.6 Å². The molecule has 0 saturated heterocycles. The molecule has 1 fully saturated rings. The van der Waals surface area contributed by atoms with Crippen LogP contribution < -0.4 is 9.47 Å². The lowest BCUT2D eigenvalue weighted by atomic mass is 10.1. The minimum atomic E-state index is -0.0282. The Morgan fingerprint density at radius 3 is 2.80 bits per heavy atom. The van der Waals surface area contributed by atoms with Crippen LogP contribution in [0, 0.1) is 0 Å². The zero-order valence-corrected chi connectivity index (χ0v) is 20.6. The minimum Gasteiger partial charge on any atom is -0.473 e. The van der Waals surface area contributed by atoms with Crippen molar-refractivity contribution in [3.05, 3.63) is 41.3 Å². The smallest absolute Gasteiger partial charge is 0.240 e. The van der Waals surface area contributed by atoms with E-state index >= 15 is 0 Å². The Kier molecular flexibility index (Phi) is 5.36. The lowest BCUT2D eigenvalue weighted by Gasteiger charge is -2.23. The number of aromatic amines is 2. The molecule has 1 aliphatic heterocycles. The number of likely N-dealkylation sites (N-methyl/N-ethyl adjacent to an activating group) is 1. The van der Waals surface area contributed by atoms with Crippen LogP contribution in [0.5, 0.6) is 11.8 Å². The van der Waals surface area contributed by atoms with Gasteiger partial charge in [0.25, 0.3) is 0 Å². The number of fused-ring (bicyclic) bond motifs is 4. The summed E-state index contributed by atoms with van der Waals surface area (Å²) < 4.78 is 14.6. The summed E-state index contributed by atoms with van der Waals surface area (Å²) in [6, 6.07) is 6.73. The van der Waals surface area contributed by atoms with Gasteiger partial charge in [0.2, 0.25) is 11.8 Å². The lowest BCUT2D eigenvalue weighted by Crippen LogP contribution is -2.31. The average molecular weight is 474 g/mol. The van der Waals surface area contributed by atoms with E-state index in [1.54, 1.807) is 0 Å². The second-order valence-electron chi connectivity index (χ2n) is 9.95. The number of aromatic nitrogens is 6. The maximum absolute atomic E-state index is 6.58. The highest BCUT2D eigenvalue weighted by molar-refractivity contribution is 5.93. The highest BCUT2D eigenvalue weighted by Crippen LogP contribution is 2.42. The quantitative estimate of drug-likeness (QED) is 0.449. The molecule has 1 aromatic carbocycles. The first-order chi connectivity index (χ1) is 17.0. The highest BCUT2D eigenvalue weighted by atomic mass is 16.5. The predicted octanol–water partition coefficient (Wildman–Crippen LogP) is 4.65. The molecule has 0 radical (unpaired) electrons. The number of benzene rings is 1. The Morgan fingerprint density at radius 2 is 2.00 bits per heavy atom. The van der Waals surface area contributed by atoms with Crippen molar-refractivity contribution < 1.29 is 9.47 Å². The fraction of sp³-hybridized carbons (Fsp3) is 0.423. The van der Waals surface area contributed by atoms with Crippen molar-refractivity contribution in [1.82, 2.24) is 35.1 Å². The topological polar surface area (TPSA) is 96.9 Å². The van der Waals surface area contributed by atoms with Crippen LogP contribution in [-0.2, 0) is 6.54 Å². The maximum atomic E-state index is 6.58. The van der Waals surface area contributed by atoms with Crippen molar-refractivity contribution in [3.63, 3.8) is 0 Å². The molecule has 2 N–H and O–H groups in total. The molecule has 4 aromatic rings. The van der Waals surface area contributed by atoms with Crippen molar-refractivity contribution in [2.24, 2.45) is 0 Å². The summed E-state index contributed by atoms with van der Waals surface area (Å²) in [7, 11) is 2.09. The van der Waals surface area contributed by atoms with E-state index in [9.17, 15) is 0 Å². The maximum Gasteiger partial charge on any atom is 0.240 e. The largest absolute Gasteiger partial charge is 0.473 e. The van der Waals surface area contributed by atoms with E-state index in [1.165, 1.54) is 0 Å². The van der Waals surface area contributed by atoms with Gasteiger partial charge in [0.15, 0.2) is 0 Å². The van der Waals surface area contributed by atoms with Gasteiger partial charge in [-0.3, -0.25) is 15.1 Å². The van der Waals surface area contributed by atoms with Gasteiger partial charge < -0.3 is 9.47 Å². The molecule has 9 heteroatoms. The van der Waals surface area contributed by atoms with Crippen LogP contribution in [0.15, 0.2) is 24.4 Å². The monoisotopic (exact) mass is 473 g/mol. The molecule has 2 bridgehead atoms. The van der Waals surface area contributed by atoms with Crippen molar-refractivity contribution in [2.75, 3.05) is 13.6 Å². The van der Waals surface area contributed by atoms with Crippen LogP contribution in [0.1, 0.15) is 56.6 Å². The van der Waals surface area contributed by atoms with Crippen molar-refractivity contribution in [1.29, 1.82) is 0 Å². The molecule has 3 aromatic heterocycles. The standard InChI is InChI=1S/C26H31N7O2/c1-15(2)34-25-19-8-10-23-20-11-17(5-9-22(20)28-29-23)21-12-27-33(18-6-7-18)26(21)35-16(3)13-32(4)14-24(19)30-31-25/h5,8-12,15-16,18H,6-7,13-14H2,1-4H3,(H,28,29)(H,30,31)/b10-8+. The van der Waals surface area contributed by atoms with E-state index in [0.717, 1.165) is 64.2 Å². The van der Waals surface area contributed by atoms with E-state index in [0.29, 0.717) is 18.5 Å². The first kappa shape index (κ1) is 21.9. The molecule has 35 heavy (non-hydrogen) atoms. The van der Waals surface area contributed by atoms with Crippen LogP contribution in [-0.4, -0.2) is 60.9 Å². The van der Waals surface area contributed by atoms with Crippen LogP contribution >= 0.6 is 0 Å². The Hall–Kier alpha value is -3.59. The molecule has 4 heterocycles. The third kappa shape index (κ3) is 4.20. The summed E-state index contributed by atoms with van der Waals surface area (Å²) in [5.74, 6) is 1.45. The summed E-state index contributed by atoms with van der Waals surface area (Å²) in [4.78, 5) is 2.24. The van der Waals surface area contributed by atoms with Crippen LogP contribution in [0.2, 0.25) is 0 Å². The zero-order chi connectivity index (χ0) is 24.1. The fourth-order valence-electron chi connectivity index (χ4n) is 4.71. The van der Waals surface area contributed by atoms with Crippen molar-refractivity contribution >= 4 is 23.1 Å². The van der Waals surface area contributed by atoms with E-state index < -0.39 is 0 Å². The number of nitrogens with zero attached hydrogens (tertiary/aromatic N) is 5. The fourth-order valence-corrected chi connectivity index (χ4v) is 4.71. The van der Waals surface area contributed by atoms with Gasteiger partial charge in [-0.1, -0.05) is 6.07 Å². The summed E-state index contributed by atoms with van der Waals surface area (Å²) in [5, 5.41) is 21.1. The van der Waals surface area contributed by atoms with Crippen LogP contribution in [0.25, 0.3) is 34.2 Å². The minimum absolute atomic E-state index is 0.0265. The summed E-state index contributed by atoms with van der Waals surface area (Å²) in [6.07, 6.45) is 8.33. The third-order valence-corrected chi connectivity index (χ3v) is 6.46. The number of rotatable bonds is 3. The molecule has 1 atom stereocenters. The summed E-state index contributed by atoms with van der Waals surface area (Å²) in [5.41, 5.74) is 5.86. The van der Waals surface area contributed by atoms with Gasteiger partial charge in [0, 0.05) is 18.5 Å². The normalized spacial score (nSPS) is 19.7. The van der Waals surface area contributed by atoms with Gasteiger partial charge in [-0.15, -0.1) is 5.10 Å². The molecule has 6 rings (SSSR count). The second-order valence-corrected chi connectivity index (χ2v) is 9.95. The molecule has 1 aliphatic carbocycles. The van der Waals surface area contributed by atoms with Crippen molar-refractivity contribution in [3.8, 4) is 22.9 Å². The molecule has 0 amide bonds. The number of hydrogen-bond donors (Lipinski definition) is 2.